The van der Waals surface area contributed by atoms with Gasteiger partial charge in [0.15, 0.2) is 0 Å². The van der Waals surface area contributed by atoms with E-state index in [-0.39, 0.29) is 39.5 Å². The minimum Gasteiger partial charge on any atom is -0.460 e. The predicted octanol–water partition coefficient (Wildman–Crippen LogP) is 5.16. The van der Waals surface area contributed by atoms with Crippen LogP contribution in [-0.2, 0) is 16.1 Å². The third-order valence-electron chi connectivity index (χ3n) is 4.13. The lowest BCUT2D eigenvalue weighted by Crippen LogP contribution is -2.11. The first kappa shape index (κ1) is 17.2. The molecule has 0 saturated heterocycles. The molecule has 6 heteroatoms. The van der Waals surface area contributed by atoms with Crippen molar-refractivity contribution in [2.24, 2.45) is 17.3 Å². The van der Waals surface area contributed by atoms with Gasteiger partial charge in [-0.1, -0.05) is 49.2 Å². The van der Waals surface area contributed by atoms with Crippen LogP contribution in [0.3, 0.4) is 0 Å². The van der Waals surface area contributed by atoms with Gasteiger partial charge in [-0.05, 0) is 18.3 Å². The van der Waals surface area contributed by atoms with Crippen molar-refractivity contribution in [3.05, 3.63) is 45.5 Å². The van der Waals surface area contributed by atoms with E-state index >= 15 is 0 Å². The van der Waals surface area contributed by atoms with Gasteiger partial charge >= 0.3 is 5.97 Å². The number of rotatable bonds is 4. The lowest BCUT2D eigenvalue weighted by Gasteiger charge is -2.10. The number of halogens is 4. The van der Waals surface area contributed by atoms with E-state index in [0.717, 1.165) is 0 Å². The van der Waals surface area contributed by atoms with Crippen LogP contribution in [0.15, 0.2) is 18.2 Å². The quantitative estimate of drug-likeness (QED) is 0.426. The van der Waals surface area contributed by atoms with Gasteiger partial charge in [0.25, 0.3) is 0 Å². The summed E-state index contributed by atoms with van der Waals surface area (Å²) < 4.78 is 32.0. The van der Waals surface area contributed by atoms with E-state index in [1.54, 1.807) is 0 Å². The fraction of sp³-hybridized carbons (Fsp3) is 0.438. The molecule has 0 aromatic heterocycles. The van der Waals surface area contributed by atoms with Crippen molar-refractivity contribution in [2.45, 2.75) is 27.4 Å². The van der Waals surface area contributed by atoms with Gasteiger partial charge in [0, 0.05) is 11.6 Å². The Morgan fingerprint density at radius 3 is 2.36 bits per heavy atom. The number of carbonyl (C=O) groups is 1. The molecule has 0 bridgehead atoms. The van der Waals surface area contributed by atoms with Crippen molar-refractivity contribution < 1.29 is 18.3 Å². The largest absolute Gasteiger partial charge is 0.460 e. The van der Waals surface area contributed by atoms with Crippen molar-refractivity contribution in [3.63, 3.8) is 0 Å². The SMILES string of the molecule is CC=CC1C(C(=O)OCc2c(Cl)c(F)cc(F)c2Cl)C1(C)C. The number of hydrogen-bond donors (Lipinski definition) is 0. The summed E-state index contributed by atoms with van der Waals surface area (Å²) in [6.07, 6.45) is 3.84. The van der Waals surface area contributed by atoms with E-state index in [1.165, 1.54) is 0 Å². The van der Waals surface area contributed by atoms with Crippen LogP contribution in [0.5, 0.6) is 0 Å². The summed E-state index contributed by atoms with van der Waals surface area (Å²) in [5.74, 6) is -2.48. The first-order valence-corrected chi connectivity index (χ1v) is 7.58. The van der Waals surface area contributed by atoms with Crippen LogP contribution in [0.2, 0.25) is 10.0 Å². The molecular weight excluding hydrogens is 333 g/mol. The maximum Gasteiger partial charge on any atom is 0.310 e. The van der Waals surface area contributed by atoms with Crippen LogP contribution in [0.25, 0.3) is 0 Å². The van der Waals surface area contributed by atoms with Gasteiger partial charge in [-0.25, -0.2) is 8.78 Å². The molecule has 2 rings (SSSR count). The Bertz CT molecular complexity index is 615. The molecule has 0 spiro atoms. The average Bonchev–Trinajstić information content (AvgIpc) is 2.98. The second kappa shape index (κ2) is 6.17. The molecule has 120 valence electrons. The highest BCUT2D eigenvalue weighted by Gasteiger charge is 2.61. The molecule has 0 aliphatic heterocycles. The van der Waals surface area contributed by atoms with Crippen molar-refractivity contribution in [1.82, 2.24) is 0 Å². The summed E-state index contributed by atoms with van der Waals surface area (Å²) in [5.41, 5.74) is -0.250. The Balaban J connectivity index is 2.10. The first-order chi connectivity index (χ1) is 10.2. The van der Waals surface area contributed by atoms with E-state index < -0.39 is 17.6 Å². The van der Waals surface area contributed by atoms with E-state index in [9.17, 15) is 13.6 Å². The topological polar surface area (TPSA) is 26.3 Å². The summed E-state index contributed by atoms with van der Waals surface area (Å²) in [4.78, 5) is 12.1. The number of hydrogen-bond acceptors (Lipinski definition) is 2. The third kappa shape index (κ3) is 2.99. The van der Waals surface area contributed by atoms with Gasteiger partial charge in [-0.3, -0.25) is 4.79 Å². The van der Waals surface area contributed by atoms with Crippen LogP contribution in [0.4, 0.5) is 8.78 Å². The molecule has 22 heavy (non-hydrogen) atoms. The minimum absolute atomic E-state index is 0.0600. The molecule has 1 aliphatic rings. The van der Waals surface area contributed by atoms with E-state index in [1.807, 2.05) is 32.9 Å². The zero-order valence-corrected chi connectivity index (χ0v) is 13.9. The highest BCUT2D eigenvalue weighted by molar-refractivity contribution is 6.36. The standard InChI is InChI=1S/C16H16Cl2F2O2/c1-4-5-9-12(16(9,2)3)15(21)22-7-8-13(17)10(19)6-11(20)14(8)18/h4-6,9,12H,7H2,1-3H3. The van der Waals surface area contributed by atoms with Gasteiger partial charge in [-0.15, -0.1) is 0 Å². The zero-order chi connectivity index (χ0) is 16.7. The Morgan fingerprint density at radius 1 is 1.32 bits per heavy atom. The monoisotopic (exact) mass is 348 g/mol. The van der Waals surface area contributed by atoms with Crippen LogP contribution in [0, 0.1) is 28.9 Å². The molecule has 1 aliphatic carbocycles. The molecule has 1 aromatic rings. The molecule has 0 heterocycles. The number of esters is 1. The van der Waals surface area contributed by atoms with Gasteiger partial charge in [0.05, 0.1) is 16.0 Å². The van der Waals surface area contributed by atoms with E-state index in [2.05, 4.69) is 0 Å². The molecule has 2 unspecified atom stereocenters. The molecule has 0 amide bonds. The second-order valence-electron chi connectivity index (χ2n) is 5.91. The highest BCUT2D eigenvalue weighted by Crippen LogP contribution is 2.59. The first-order valence-electron chi connectivity index (χ1n) is 6.83. The summed E-state index contributed by atoms with van der Waals surface area (Å²) in [6, 6.07) is 0.599. The summed E-state index contributed by atoms with van der Waals surface area (Å²) in [7, 11) is 0. The lowest BCUT2D eigenvalue weighted by atomic mass is 10.1. The van der Waals surface area contributed by atoms with Crippen molar-refractivity contribution in [3.8, 4) is 0 Å². The van der Waals surface area contributed by atoms with Crippen molar-refractivity contribution in [1.29, 1.82) is 0 Å². The smallest absolute Gasteiger partial charge is 0.310 e. The van der Waals surface area contributed by atoms with Crippen molar-refractivity contribution >= 4 is 29.2 Å². The number of carbonyl (C=O) groups excluding carboxylic acids is 1. The number of allylic oxidation sites excluding steroid dienone is 2. The second-order valence-corrected chi connectivity index (χ2v) is 6.66. The third-order valence-corrected chi connectivity index (χ3v) is 4.94. The summed E-state index contributed by atoms with van der Waals surface area (Å²) >= 11 is 11.5. The zero-order valence-electron chi connectivity index (χ0n) is 12.4. The molecule has 2 atom stereocenters. The number of benzene rings is 1. The Labute approximate surface area is 138 Å². The normalized spacial score (nSPS) is 22.9. The molecule has 0 N–H and O–H groups in total. The lowest BCUT2D eigenvalue weighted by molar-refractivity contribution is -0.147. The molecule has 1 aromatic carbocycles. The van der Waals surface area contributed by atoms with Gasteiger partial charge in [-0.2, -0.15) is 0 Å². The number of ether oxygens (including phenoxy) is 1. The van der Waals surface area contributed by atoms with Crippen LogP contribution in [-0.4, -0.2) is 5.97 Å². The Hall–Kier alpha value is -1.13. The average molecular weight is 349 g/mol. The highest BCUT2D eigenvalue weighted by atomic mass is 35.5. The maximum absolute atomic E-state index is 13.4. The molecule has 0 radical (unpaired) electrons. The fourth-order valence-electron chi connectivity index (χ4n) is 2.68. The minimum atomic E-state index is -0.937. The van der Waals surface area contributed by atoms with Gasteiger partial charge in [0.1, 0.15) is 18.2 Å². The van der Waals surface area contributed by atoms with E-state index in [0.29, 0.717) is 6.07 Å². The van der Waals surface area contributed by atoms with Crippen LogP contribution < -0.4 is 0 Å². The van der Waals surface area contributed by atoms with Gasteiger partial charge in [0.2, 0.25) is 0 Å². The Kier molecular flexibility index (Phi) is 4.83. The molecule has 1 fully saturated rings. The molecule has 2 nitrogen and oxygen atoms in total. The Morgan fingerprint density at radius 2 is 1.86 bits per heavy atom. The predicted molar refractivity (Wildman–Crippen MR) is 81.7 cm³/mol. The summed E-state index contributed by atoms with van der Waals surface area (Å²) in [5, 5.41) is -0.668. The molecule has 1 saturated carbocycles. The van der Waals surface area contributed by atoms with Crippen LogP contribution in [0.1, 0.15) is 26.3 Å². The fourth-order valence-corrected chi connectivity index (χ4v) is 3.13. The van der Waals surface area contributed by atoms with Crippen LogP contribution >= 0.6 is 23.2 Å². The van der Waals surface area contributed by atoms with Crippen molar-refractivity contribution in [2.75, 3.05) is 0 Å². The maximum atomic E-state index is 13.4. The van der Waals surface area contributed by atoms with Gasteiger partial charge < -0.3 is 4.74 Å². The summed E-state index contributed by atoms with van der Waals surface area (Å²) in [6.45, 7) is 5.45. The molecular formula is C16H16Cl2F2O2. The van der Waals surface area contributed by atoms with E-state index in [4.69, 9.17) is 27.9 Å².